The van der Waals surface area contributed by atoms with Crippen molar-refractivity contribution in [2.24, 2.45) is 0 Å². The average molecular weight is 276 g/mol. The van der Waals surface area contributed by atoms with Gasteiger partial charge in [0.05, 0.1) is 12.2 Å². The van der Waals surface area contributed by atoms with Crippen LogP contribution >= 0.6 is 0 Å². The zero-order valence-electron chi connectivity index (χ0n) is 10.5. The lowest BCUT2D eigenvalue weighted by Crippen LogP contribution is -2.39. The van der Waals surface area contributed by atoms with Crippen LogP contribution in [0, 0.1) is 0 Å². The Labute approximate surface area is 108 Å². The fourth-order valence-corrected chi connectivity index (χ4v) is 1.92. The summed E-state index contributed by atoms with van der Waals surface area (Å²) in [5.74, 6) is 0.179. The second-order valence-electron chi connectivity index (χ2n) is 4.47. The smallest absolute Gasteiger partial charge is 0.378 e. The maximum absolute atomic E-state index is 12.6. The van der Waals surface area contributed by atoms with Crippen LogP contribution in [0.3, 0.4) is 0 Å². The highest BCUT2D eigenvalue weighted by Crippen LogP contribution is 2.30. The van der Waals surface area contributed by atoms with Crippen LogP contribution < -0.4 is 5.32 Å². The molecule has 0 amide bonds. The third kappa shape index (κ3) is 3.36. The average Bonchev–Trinajstić information content (AvgIpc) is 2.85. The number of alkyl halides is 3. The molecule has 19 heavy (non-hydrogen) atoms. The van der Waals surface area contributed by atoms with Crippen molar-refractivity contribution in [2.45, 2.75) is 18.2 Å². The minimum absolute atomic E-state index is 0.179. The molecule has 1 aliphatic rings. The lowest BCUT2D eigenvalue weighted by molar-refractivity contribution is -0.137. The molecule has 0 spiro atoms. The molecular formula is C12H15F3N2O2. The second-order valence-corrected chi connectivity index (χ2v) is 4.47. The second kappa shape index (κ2) is 5.34. The molecule has 0 bridgehead atoms. The number of rotatable bonds is 4. The fourth-order valence-electron chi connectivity index (χ4n) is 1.92. The molecule has 0 aromatic carbocycles. The standard InChI is InChI=1S/C12H15F3N2O2/c1-18-11(3-5-19-8-11)7-17-10-6-9(2-4-16-10)12(13,14)15/h2,4,6H,3,5,7-8H2,1H3,(H,16,17). The molecule has 106 valence electrons. The maximum atomic E-state index is 12.6. The first-order valence-electron chi connectivity index (χ1n) is 5.85. The quantitative estimate of drug-likeness (QED) is 0.916. The summed E-state index contributed by atoms with van der Waals surface area (Å²) in [7, 11) is 1.57. The third-order valence-electron chi connectivity index (χ3n) is 3.18. The molecule has 1 saturated heterocycles. The minimum Gasteiger partial charge on any atom is -0.378 e. The number of methoxy groups -OCH3 is 1. The molecular weight excluding hydrogens is 261 g/mol. The lowest BCUT2D eigenvalue weighted by Gasteiger charge is -2.26. The van der Waals surface area contributed by atoms with Crippen molar-refractivity contribution in [1.82, 2.24) is 4.98 Å². The van der Waals surface area contributed by atoms with Gasteiger partial charge in [-0.3, -0.25) is 0 Å². The number of nitrogens with zero attached hydrogens (tertiary/aromatic N) is 1. The summed E-state index contributed by atoms with van der Waals surface area (Å²) in [6, 6.07) is 1.93. The van der Waals surface area contributed by atoms with Crippen LogP contribution in [-0.2, 0) is 15.7 Å². The van der Waals surface area contributed by atoms with Crippen molar-refractivity contribution in [3.63, 3.8) is 0 Å². The topological polar surface area (TPSA) is 43.4 Å². The number of pyridine rings is 1. The van der Waals surface area contributed by atoms with Gasteiger partial charge in [0, 0.05) is 32.9 Å². The third-order valence-corrected chi connectivity index (χ3v) is 3.18. The molecule has 1 fully saturated rings. The summed E-state index contributed by atoms with van der Waals surface area (Å²) < 4.78 is 48.3. The van der Waals surface area contributed by atoms with Crippen molar-refractivity contribution < 1.29 is 22.6 Å². The predicted octanol–water partition coefficient (Wildman–Crippen LogP) is 2.32. The van der Waals surface area contributed by atoms with E-state index in [0.29, 0.717) is 26.2 Å². The summed E-state index contributed by atoms with van der Waals surface area (Å²) in [5, 5.41) is 2.87. The molecule has 1 atom stereocenters. The molecule has 1 unspecified atom stereocenters. The van der Waals surface area contributed by atoms with E-state index in [-0.39, 0.29) is 5.82 Å². The fraction of sp³-hybridized carbons (Fsp3) is 0.583. The van der Waals surface area contributed by atoms with E-state index >= 15 is 0 Å². The number of ether oxygens (including phenoxy) is 2. The van der Waals surface area contributed by atoms with Crippen LogP contribution in [0.4, 0.5) is 19.0 Å². The Balaban J connectivity index is 2.03. The highest BCUT2D eigenvalue weighted by atomic mass is 19.4. The molecule has 2 heterocycles. The van der Waals surface area contributed by atoms with Crippen LogP contribution in [-0.4, -0.2) is 37.5 Å². The predicted molar refractivity (Wildman–Crippen MR) is 62.9 cm³/mol. The monoisotopic (exact) mass is 276 g/mol. The first kappa shape index (κ1) is 14.1. The van der Waals surface area contributed by atoms with Gasteiger partial charge in [-0.05, 0) is 12.1 Å². The van der Waals surface area contributed by atoms with Crippen LogP contribution in [0.2, 0.25) is 0 Å². The molecule has 1 aromatic heterocycles. The first-order valence-corrected chi connectivity index (χ1v) is 5.85. The van der Waals surface area contributed by atoms with Gasteiger partial charge in [-0.1, -0.05) is 0 Å². The number of halogens is 3. The molecule has 4 nitrogen and oxygen atoms in total. The van der Waals surface area contributed by atoms with E-state index in [1.165, 1.54) is 0 Å². The highest BCUT2D eigenvalue weighted by Gasteiger charge is 2.35. The molecule has 1 N–H and O–H groups in total. The lowest BCUT2D eigenvalue weighted by atomic mass is 10.0. The highest BCUT2D eigenvalue weighted by molar-refractivity contribution is 5.39. The van der Waals surface area contributed by atoms with Gasteiger partial charge >= 0.3 is 6.18 Å². The Hall–Kier alpha value is -1.34. The number of hydrogen-bond acceptors (Lipinski definition) is 4. The summed E-state index contributed by atoms with van der Waals surface area (Å²) in [6.45, 7) is 1.37. The van der Waals surface area contributed by atoms with Crippen LogP contribution in [0.5, 0.6) is 0 Å². The summed E-state index contributed by atoms with van der Waals surface area (Å²) in [4.78, 5) is 3.87. The van der Waals surface area contributed by atoms with Gasteiger partial charge in [-0.15, -0.1) is 0 Å². The molecule has 0 radical (unpaired) electrons. The Morgan fingerprint density at radius 2 is 2.32 bits per heavy atom. The molecule has 0 aliphatic carbocycles. The maximum Gasteiger partial charge on any atom is 0.416 e. The minimum atomic E-state index is -4.37. The molecule has 2 rings (SSSR count). The van der Waals surface area contributed by atoms with E-state index in [2.05, 4.69) is 10.3 Å². The summed E-state index contributed by atoms with van der Waals surface area (Å²) >= 11 is 0. The van der Waals surface area contributed by atoms with Gasteiger partial charge in [0.15, 0.2) is 0 Å². The van der Waals surface area contributed by atoms with Crippen molar-refractivity contribution in [1.29, 1.82) is 0 Å². The summed E-state index contributed by atoms with van der Waals surface area (Å²) in [5.41, 5.74) is -1.21. The summed E-state index contributed by atoms with van der Waals surface area (Å²) in [6.07, 6.45) is -2.53. The van der Waals surface area contributed by atoms with Gasteiger partial charge in [0.25, 0.3) is 0 Å². The Kier molecular flexibility index (Phi) is 3.96. The van der Waals surface area contributed by atoms with Crippen LogP contribution in [0.1, 0.15) is 12.0 Å². The van der Waals surface area contributed by atoms with Crippen molar-refractivity contribution in [2.75, 3.05) is 32.2 Å². The van der Waals surface area contributed by atoms with E-state index in [4.69, 9.17) is 9.47 Å². The van der Waals surface area contributed by atoms with Crippen molar-refractivity contribution in [3.8, 4) is 0 Å². The van der Waals surface area contributed by atoms with Gasteiger partial charge < -0.3 is 14.8 Å². The van der Waals surface area contributed by atoms with Crippen LogP contribution in [0.15, 0.2) is 18.3 Å². The van der Waals surface area contributed by atoms with Crippen molar-refractivity contribution in [3.05, 3.63) is 23.9 Å². The number of anilines is 1. The normalized spacial score (nSPS) is 23.6. The SMILES string of the molecule is COC1(CNc2cc(C(F)(F)F)ccn2)CCOC1. The number of hydrogen-bond donors (Lipinski definition) is 1. The van der Waals surface area contributed by atoms with Gasteiger partial charge in [-0.2, -0.15) is 13.2 Å². The van der Waals surface area contributed by atoms with E-state index in [0.717, 1.165) is 18.3 Å². The van der Waals surface area contributed by atoms with Gasteiger partial charge in [0.2, 0.25) is 0 Å². The van der Waals surface area contributed by atoms with E-state index in [1.54, 1.807) is 7.11 Å². The van der Waals surface area contributed by atoms with Crippen LogP contribution in [0.25, 0.3) is 0 Å². The first-order chi connectivity index (χ1) is 8.95. The van der Waals surface area contributed by atoms with Gasteiger partial charge in [-0.25, -0.2) is 4.98 Å². The van der Waals surface area contributed by atoms with E-state index in [1.807, 2.05) is 0 Å². The van der Waals surface area contributed by atoms with Crippen molar-refractivity contribution >= 4 is 5.82 Å². The number of aromatic nitrogens is 1. The Morgan fingerprint density at radius 3 is 2.89 bits per heavy atom. The Morgan fingerprint density at radius 1 is 1.53 bits per heavy atom. The van der Waals surface area contributed by atoms with E-state index in [9.17, 15) is 13.2 Å². The zero-order chi connectivity index (χ0) is 13.9. The zero-order valence-corrected chi connectivity index (χ0v) is 10.5. The van der Waals surface area contributed by atoms with Gasteiger partial charge in [0.1, 0.15) is 11.4 Å². The van der Waals surface area contributed by atoms with E-state index < -0.39 is 17.3 Å². The Bertz CT molecular complexity index is 431. The molecule has 7 heteroatoms. The number of nitrogens with one attached hydrogen (secondary N) is 1. The molecule has 0 saturated carbocycles. The largest absolute Gasteiger partial charge is 0.416 e. The molecule has 1 aromatic rings. The molecule has 1 aliphatic heterocycles.